The molecule has 1 atom stereocenters. The van der Waals surface area contributed by atoms with Gasteiger partial charge in [0.2, 0.25) is 7.37 Å². The fourth-order valence-electron chi connectivity index (χ4n) is 3.07. The van der Waals surface area contributed by atoms with Crippen molar-refractivity contribution in [2.45, 2.75) is 49.9 Å². The summed E-state index contributed by atoms with van der Waals surface area (Å²) < 4.78 is 51.5. The van der Waals surface area contributed by atoms with Crippen molar-refractivity contribution in [2.24, 2.45) is 0 Å². The molecule has 0 amide bonds. The lowest BCUT2D eigenvalue weighted by molar-refractivity contribution is -0.143. The fraction of sp³-hybridized carbons (Fsp3) is 0.571. The summed E-state index contributed by atoms with van der Waals surface area (Å²) in [6, 6.07) is 7.76. The predicted molar refractivity (Wildman–Crippen MR) is 72.4 cm³/mol. The van der Waals surface area contributed by atoms with E-state index in [1.54, 1.807) is 18.2 Å². The molecule has 6 heteroatoms. The number of rotatable bonds is 3. The van der Waals surface area contributed by atoms with Crippen molar-refractivity contribution in [3.05, 3.63) is 30.3 Å². The van der Waals surface area contributed by atoms with Gasteiger partial charge in [0.05, 0.1) is 11.6 Å². The van der Waals surface area contributed by atoms with Crippen molar-refractivity contribution < 1.29 is 22.6 Å². The van der Waals surface area contributed by atoms with Gasteiger partial charge in [0.1, 0.15) is 0 Å². The third-order valence-corrected chi connectivity index (χ3v) is 6.95. The summed E-state index contributed by atoms with van der Waals surface area (Å²) in [6.45, 7) is 0. The summed E-state index contributed by atoms with van der Waals surface area (Å²) in [5.41, 5.74) is 0. The molecule has 1 aromatic carbocycles. The highest BCUT2D eigenvalue weighted by Gasteiger charge is 2.54. The lowest BCUT2D eigenvalue weighted by Gasteiger charge is -2.41. The van der Waals surface area contributed by atoms with E-state index in [1.807, 2.05) is 0 Å². The monoisotopic (exact) mass is 306 g/mol. The Bertz CT molecular complexity index is 493. The van der Waals surface area contributed by atoms with Gasteiger partial charge >= 0.3 is 6.18 Å². The Hall–Kier alpha value is -0.800. The molecule has 1 aliphatic carbocycles. The van der Waals surface area contributed by atoms with Crippen LogP contribution in [0, 0.1) is 0 Å². The summed E-state index contributed by atoms with van der Waals surface area (Å²) in [4.78, 5) is 10.5. The van der Waals surface area contributed by atoms with Crippen LogP contribution in [0.1, 0.15) is 38.5 Å². The molecule has 0 radical (unpaired) electrons. The van der Waals surface area contributed by atoms with Gasteiger partial charge in [0.25, 0.3) is 0 Å². The van der Waals surface area contributed by atoms with Gasteiger partial charge < -0.3 is 4.89 Å². The van der Waals surface area contributed by atoms with E-state index in [9.17, 15) is 22.6 Å². The van der Waals surface area contributed by atoms with Crippen molar-refractivity contribution >= 4 is 12.7 Å². The fourth-order valence-corrected chi connectivity index (χ4v) is 5.51. The van der Waals surface area contributed by atoms with E-state index in [0.717, 1.165) is 6.42 Å². The van der Waals surface area contributed by atoms with Gasteiger partial charge in [-0.1, -0.05) is 37.5 Å². The van der Waals surface area contributed by atoms with Crippen LogP contribution >= 0.6 is 7.37 Å². The predicted octanol–water partition coefficient (Wildman–Crippen LogP) is 4.24. The van der Waals surface area contributed by atoms with Crippen LogP contribution in [0.2, 0.25) is 0 Å². The van der Waals surface area contributed by atoms with Gasteiger partial charge in [-0.2, -0.15) is 13.2 Å². The zero-order valence-corrected chi connectivity index (χ0v) is 12.0. The maximum atomic E-state index is 12.9. The third-order valence-electron chi connectivity index (χ3n) is 4.06. The van der Waals surface area contributed by atoms with E-state index < -0.39 is 25.1 Å². The summed E-state index contributed by atoms with van der Waals surface area (Å²) in [5, 5.41) is -1.42. The second-order valence-electron chi connectivity index (χ2n) is 5.49. The Morgan fingerprint density at radius 3 is 2.15 bits per heavy atom. The first-order chi connectivity index (χ1) is 9.27. The minimum atomic E-state index is -4.43. The normalized spacial score (nSPS) is 22.2. The van der Waals surface area contributed by atoms with Gasteiger partial charge in [-0.05, 0) is 25.0 Å². The van der Waals surface area contributed by atoms with Crippen LogP contribution in [-0.2, 0) is 4.57 Å². The van der Waals surface area contributed by atoms with Crippen LogP contribution < -0.4 is 5.30 Å². The van der Waals surface area contributed by atoms with Crippen molar-refractivity contribution in [3.63, 3.8) is 0 Å². The molecule has 0 heterocycles. The van der Waals surface area contributed by atoms with Gasteiger partial charge in [-0.15, -0.1) is 0 Å². The molecule has 0 aromatic heterocycles. The van der Waals surface area contributed by atoms with Crippen LogP contribution in [-0.4, -0.2) is 16.2 Å². The zero-order chi connectivity index (χ0) is 14.9. The van der Waals surface area contributed by atoms with E-state index in [0.29, 0.717) is 12.8 Å². The number of hydrogen-bond donors (Lipinski definition) is 1. The average molecular weight is 306 g/mol. The molecule has 0 saturated heterocycles. The number of benzene rings is 1. The second-order valence-corrected chi connectivity index (χ2v) is 8.11. The highest BCUT2D eigenvalue weighted by molar-refractivity contribution is 7.67. The Balaban J connectivity index is 2.43. The molecule has 1 unspecified atom stereocenters. The van der Waals surface area contributed by atoms with Crippen LogP contribution in [0.25, 0.3) is 0 Å². The quantitative estimate of drug-likeness (QED) is 0.848. The summed E-state index contributed by atoms with van der Waals surface area (Å²) in [5.74, 6) is 0. The van der Waals surface area contributed by atoms with E-state index in [4.69, 9.17) is 0 Å². The number of hydrogen-bond acceptors (Lipinski definition) is 1. The molecule has 2 nitrogen and oxygen atoms in total. The van der Waals surface area contributed by atoms with E-state index >= 15 is 0 Å². The number of halogens is 3. The molecule has 1 fully saturated rings. The van der Waals surface area contributed by atoms with Crippen LogP contribution in [0.4, 0.5) is 13.2 Å². The summed E-state index contributed by atoms with van der Waals surface area (Å²) in [7, 11) is -4.07. The lowest BCUT2D eigenvalue weighted by atomic mass is 9.85. The Kier molecular flexibility index (Phi) is 4.31. The molecule has 0 bridgehead atoms. The van der Waals surface area contributed by atoms with Crippen molar-refractivity contribution in [2.75, 3.05) is 0 Å². The molecule has 20 heavy (non-hydrogen) atoms. The first kappa shape index (κ1) is 15.6. The Morgan fingerprint density at radius 1 is 1.10 bits per heavy atom. The minimum Gasteiger partial charge on any atom is -0.341 e. The molecular weight excluding hydrogens is 288 g/mol. The molecule has 1 aliphatic rings. The van der Waals surface area contributed by atoms with Crippen molar-refractivity contribution in [3.8, 4) is 0 Å². The average Bonchev–Trinajstić information content (AvgIpc) is 2.38. The Morgan fingerprint density at radius 2 is 1.65 bits per heavy atom. The second kappa shape index (κ2) is 5.53. The highest BCUT2D eigenvalue weighted by atomic mass is 31.2. The van der Waals surface area contributed by atoms with Gasteiger partial charge in [-0.3, -0.25) is 4.57 Å². The first-order valence-corrected chi connectivity index (χ1v) is 8.38. The lowest BCUT2D eigenvalue weighted by Crippen LogP contribution is -2.39. The third kappa shape index (κ3) is 3.09. The maximum absolute atomic E-state index is 12.9. The molecule has 1 saturated carbocycles. The topological polar surface area (TPSA) is 37.3 Å². The van der Waals surface area contributed by atoms with Crippen LogP contribution in [0.3, 0.4) is 0 Å². The summed E-state index contributed by atoms with van der Waals surface area (Å²) >= 11 is 0. The molecule has 2 rings (SSSR count). The molecular formula is C14H18F3O2P. The minimum absolute atomic E-state index is 0.131. The van der Waals surface area contributed by atoms with Gasteiger partial charge in [0.15, 0.2) is 0 Å². The molecule has 0 spiro atoms. The van der Waals surface area contributed by atoms with E-state index in [-0.39, 0.29) is 18.1 Å². The van der Waals surface area contributed by atoms with Crippen molar-refractivity contribution in [1.82, 2.24) is 0 Å². The summed E-state index contributed by atoms with van der Waals surface area (Å²) in [6.07, 6.45) is -3.30. The first-order valence-electron chi connectivity index (χ1n) is 6.72. The van der Waals surface area contributed by atoms with Crippen LogP contribution in [0.5, 0.6) is 0 Å². The van der Waals surface area contributed by atoms with E-state index in [1.165, 1.54) is 12.1 Å². The van der Waals surface area contributed by atoms with E-state index in [2.05, 4.69) is 0 Å². The maximum Gasteiger partial charge on any atom is 0.390 e. The zero-order valence-electron chi connectivity index (χ0n) is 11.1. The largest absolute Gasteiger partial charge is 0.390 e. The standard InChI is InChI=1S/C14H18F3O2P/c15-14(16,17)11-13(9-5-2-6-10-13)20(18,19)12-7-3-1-4-8-12/h1,3-4,7-8H,2,5-6,9-11H2,(H,18,19). The molecule has 1 N–H and O–H groups in total. The Labute approximate surface area is 116 Å². The SMILES string of the molecule is O=P(O)(c1ccccc1)C1(CC(F)(F)F)CCCCC1. The molecule has 1 aromatic rings. The van der Waals surface area contributed by atoms with Crippen molar-refractivity contribution in [1.29, 1.82) is 0 Å². The smallest absolute Gasteiger partial charge is 0.341 e. The van der Waals surface area contributed by atoms with Crippen LogP contribution in [0.15, 0.2) is 30.3 Å². The van der Waals surface area contributed by atoms with Gasteiger partial charge in [0, 0.05) is 5.30 Å². The molecule has 0 aliphatic heterocycles. The van der Waals surface area contributed by atoms with Gasteiger partial charge in [-0.25, -0.2) is 0 Å². The molecule has 112 valence electrons. The number of alkyl halides is 3. The highest BCUT2D eigenvalue weighted by Crippen LogP contribution is 2.63.